The fourth-order valence-electron chi connectivity index (χ4n) is 2.77. The number of nitrogens with zero attached hydrogens (tertiary/aromatic N) is 4. The molecule has 2 atom stereocenters. The Bertz CT molecular complexity index is 953. The fraction of sp³-hybridized carbons (Fsp3) is 0.471. The zero-order valence-corrected chi connectivity index (χ0v) is 16.0. The number of carbonyl (C=O) groups excluding carboxylic acids is 2. The third-order valence-corrected chi connectivity index (χ3v) is 4.27. The predicted molar refractivity (Wildman–Crippen MR) is 100 cm³/mol. The van der Waals surface area contributed by atoms with Crippen LogP contribution in [0.4, 0.5) is 11.8 Å². The van der Waals surface area contributed by atoms with Crippen LogP contribution in [0.15, 0.2) is 11.9 Å². The second-order valence-corrected chi connectivity index (χ2v) is 6.23. The van der Waals surface area contributed by atoms with E-state index < -0.39 is 18.2 Å². The molecule has 11 heteroatoms. The van der Waals surface area contributed by atoms with E-state index in [4.69, 9.17) is 9.47 Å². The highest BCUT2D eigenvalue weighted by Crippen LogP contribution is 2.32. The molecule has 0 saturated heterocycles. The molecule has 150 valence electrons. The predicted octanol–water partition coefficient (Wildman–Crippen LogP) is 0.728. The number of carbonyl (C=O) groups is 2. The van der Waals surface area contributed by atoms with E-state index >= 15 is 0 Å². The minimum absolute atomic E-state index is 0.0848. The standard InChI is InChI=1S/C17H22N6O5/c1-5-11(25)20-17-21-14(18-4)12-15(22-17)23(7-19-12)16-8(2)13(26)10(28-16)6-27-9(3)24/h7,10,13,26H,5-6H2,1-4H3,(H2,18,20,21,22,25)/t10-,13+/m1/s1. The maximum absolute atomic E-state index is 11.7. The number of aromatic nitrogens is 4. The largest absolute Gasteiger partial charge is 0.468 e. The van der Waals surface area contributed by atoms with Gasteiger partial charge in [0.1, 0.15) is 19.0 Å². The van der Waals surface area contributed by atoms with E-state index in [0.717, 1.165) is 0 Å². The Balaban J connectivity index is 2.00. The van der Waals surface area contributed by atoms with Crippen LogP contribution in [-0.2, 0) is 19.1 Å². The van der Waals surface area contributed by atoms with Crippen LogP contribution >= 0.6 is 0 Å². The minimum Gasteiger partial charge on any atom is -0.468 e. The lowest BCUT2D eigenvalue weighted by Gasteiger charge is -2.15. The Hall–Kier alpha value is -3.21. The topological polar surface area (TPSA) is 140 Å². The van der Waals surface area contributed by atoms with Crippen molar-refractivity contribution >= 4 is 40.7 Å². The second-order valence-electron chi connectivity index (χ2n) is 6.23. The molecule has 0 spiro atoms. The van der Waals surface area contributed by atoms with Gasteiger partial charge in [0.2, 0.25) is 17.7 Å². The Morgan fingerprint density at radius 2 is 2.14 bits per heavy atom. The molecule has 3 rings (SSSR count). The third kappa shape index (κ3) is 3.60. The lowest BCUT2D eigenvalue weighted by Crippen LogP contribution is -2.29. The normalized spacial score (nSPS) is 18.9. The second kappa shape index (κ2) is 7.80. The van der Waals surface area contributed by atoms with Crippen LogP contribution in [0.1, 0.15) is 27.2 Å². The zero-order chi connectivity index (χ0) is 20.4. The van der Waals surface area contributed by atoms with Crippen molar-refractivity contribution in [2.24, 2.45) is 0 Å². The molecule has 0 fully saturated rings. The molecule has 2 aromatic heterocycles. The van der Waals surface area contributed by atoms with Crippen LogP contribution in [0.25, 0.3) is 17.0 Å². The van der Waals surface area contributed by atoms with Gasteiger partial charge in [-0.05, 0) is 6.92 Å². The smallest absolute Gasteiger partial charge is 0.302 e. The summed E-state index contributed by atoms with van der Waals surface area (Å²) in [6.45, 7) is 4.63. The average molecular weight is 390 g/mol. The molecule has 0 saturated carbocycles. The van der Waals surface area contributed by atoms with Gasteiger partial charge in [-0.2, -0.15) is 9.97 Å². The van der Waals surface area contributed by atoms with Gasteiger partial charge in [-0.3, -0.25) is 19.5 Å². The number of aliphatic hydroxyl groups excluding tert-OH is 1. The summed E-state index contributed by atoms with van der Waals surface area (Å²) in [5, 5.41) is 16.0. The van der Waals surface area contributed by atoms with Gasteiger partial charge in [-0.15, -0.1) is 0 Å². The molecule has 0 unspecified atom stereocenters. The van der Waals surface area contributed by atoms with Crippen molar-refractivity contribution in [1.82, 2.24) is 19.5 Å². The van der Waals surface area contributed by atoms with Gasteiger partial charge in [-0.25, -0.2) is 4.98 Å². The lowest BCUT2D eigenvalue weighted by atomic mass is 10.1. The van der Waals surface area contributed by atoms with Gasteiger partial charge in [0.05, 0.1) is 0 Å². The molecule has 3 N–H and O–H groups in total. The van der Waals surface area contributed by atoms with E-state index in [1.807, 2.05) is 0 Å². The van der Waals surface area contributed by atoms with E-state index in [1.165, 1.54) is 13.3 Å². The fourth-order valence-corrected chi connectivity index (χ4v) is 2.77. The highest BCUT2D eigenvalue weighted by Gasteiger charge is 2.35. The minimum atomic E-state index is -0.948. The first-order valence-electron chi connectivity index (χ1n) is 8.77. The summed E-state index contributed by atoms with van der Waals surface area (Å²) in [4.78, 5) is 35.7. The van der Waals surface area contributed by atoms with Crippen LogP contribution < -0.4 is 10.6 Å². The number of fused-ring (bicyclic) bond motifs is 1. The van der Waals surface area contributed by atoms with Crippen molar-refractivity contribution in [2.45, 2.75) is 39.4 Å². The molecule has 2 aromatic rings. The van der Waals surface area contributed by atoms with Crippen LogP contribution in [0.3, 0.4) is 0 Å². The zero-order valence-electron chi connectivity index (χ0n) is 16.0. The van der Waals surface area contributed by atoms with E-state index in [1.54, 1.807) is 25.5 Å². The number of rotatable bonds is 6. The summed E-state index contributed by atoms with van der Waals surface area (Å²) in [7, 11) is 1.68. The van der Waals surface area contributed by atoms with Crippen LogP contribution in [-0.4, -0.2) is 62.4 Å². The summed E-state index contributed by atoms with van der Waals surface area (Å²) in [6, 6.07) is 0. The number of hydrogen-bond donors (Lipinski definition) is 3. The Morgan fingerprint density at radius 3 is 2.79 bits per heavy atom. The van der Waals surface area contributed by atoms with Crippen molar-refractivity contribution < 1.29 is 24.2 Å². The van der Waals surface area contributed by atoms with E-state index in [9.17, 15) is 14.7 Å². The highest BCUT2D eigenvalue weighted by atomic mass is 16.6. The van der Waals surface area contributed by atoms with Crippen molar-refractivity contribution in [3.63, 3.8) is 0 Å². The van der Waals surface area contributed by atoms with Gasteiger partial charge < -0.3 is 19.9 Å². The monoisotopic (exact) mass is 390 g/mol. The Labute approximate surface area is 160 Å². The number of ether oxygens (including phenoxy) is 2. The van der Waals surface area contributed by atoms with Crippen molar-refractivity contribution in [2.75, 3.05) is 24.3 Å². The first kappa shape index (κ1) is 19.5. The van der Waals surface area contributed by atoms with Gasteiger partial charge in [-0.1, -0.05) is 6.92 Å². The quantitative estimate of drug-likeness (QED) is 0.609. The molecule has 1 amide bonds. The number of amides is 1. The number of nitrogens with one attached hydrogen (secondary N) is 2. The molecule has 0 aliphatic carbocycles. The third-order valence-electron chi connectivity index (χ3n) is 4.27. The SMILES string of the molecule is CCC(=O)Nc1nc(NC)c2ncn(C3=C(C)[C@H](O)[C@@H](COC(C)=O)O3)c2n1. The number of esters is 1. The Morgan fingerprint density at radius 1 is 1.39 bits per heavy atom. The molecular formula is C17H22N6O5. The van der Waals surface area contributed by atoms with Crippen LogP contribution in [0.5, 0.6) is 0 Å². The summed E-state index contributed by atoms with van der Waals surface area (Å²) in [5.74, 6) is 0.206. The molecule has 11 nitrogen and oxygen atoms in total. The molecule has 28 heavy (non-hydrogen) atoms. The van der Waals surface area contributed by atoms with E-state index in [2.05, 4.69) is 25.6 Å². The molecule has 0 aromatic carbocycles. The molecule has 1 aliphatic rings. The number of aliphatic hydroxyl groups is 1. The summed E-state index contributed by atoms with van der Waals surface area (Å²) < 4.78 is 12.3. The van der Waals surface area contributed by atoms with Gasteiger partial charge in [0.25, 0.3) is 0 Å². The summed E-state index contributed by atoms with van der Waals surface area (Å²) in [5.41, 5.74) is 1.40. The van der Waals surface area contributed by atoms with E-state index in [-0.39, 0.29) is 24.9 Å². The molecule has 0 bridgehead atoms. The maximum atomic E-state index is 11.7. The average Bonchev–Trinajstić information content (AvgIpc) is 3.21. The Kier molecular flexibility index (Phi) is 5.45. The molecule has 0 radical (unpaired) electrons. The van der Waals surface area contributed by atoms with E-state index in [0.29, 0.717) is 28.4 Å². The number of imidazole rings is 1. The van der Waals surface area contributed by atoms with Crippen LogP contribution in [0.2, 0.25) is 0 Å². The van der Waals surface area contributed by atoms with Gasteiger partial charge in [0, 0.05) is 26.0 Å². The maximum Gasteiger partial charge on any atom is 0.302 e. The lowest BCUT2D eigenvalue weighted by molar-refractivity contribution is -0.144. The van der Waals surface area contributed by atoms with Crippen molar-refractivity contribution in [3.05, 3.63) is 11.9 Å². The molecule has 1 aliphatic heterocycles. The van der Waals surface area contributed by atoms with Crippen molar-refractivity contribution in [3.8, 4) is 0 Å². The first-order valence-corrected chi connectivity index (χ1v) is 8.77. The number of anilines is 2. The summed E-state index contributed by atoms with van der Waals surface area (Å²) in [6.07, 6.45) is 0.0936. The first-order chi connectivity index (χ1) is 13.3. The number of hydrogen-bond acceptors (Lipinski definition) is 9. The molecular weight excluding hydrogens is 368 g/mol. The van der Waals surface area contributed by atoms with Gasteiger partial charge >= 0.3 is 5.97 Å². The van der Waals surface area contributed by atoms with Crippen molar-refractivity contribution in [1.29, 1.82) is 0 Å². The highest BCUT2D eigenvalue weighted by molar-refractivity contribution is 5.92. The summed E-state index contributed by atoms with van der Waals surface area (Å²) >= 11 is 0. The van der Waals surface area contributed by atoms with Crippen LogP contribution in [0, 0.1) is 0 Å². The molecule has 3 heterocycles. The van der Waals surface area contributed by atoms with Gasteiger partial charge in [0.15, 0.2) is 23.1 Å².